The van der Waals surface area contributed by atoms with E-state index < -0.39 is 0 Å². The molecule has 1 heterocycles. The molecule has 0 aliphatic heterocycles. The Morgan fingerprint density at radius 3 is 2.85 bits per heavy atom. The van der Waals surface area contributed by atoms with Gasteiger partial charge in [-0.05, 0) is 19.9 Å². The van der Waals surface area contributed by atoms with Crippen LogP contribution in [-0.4, -0.2) is 22.0 Å². The molecule has 4 nitrogen and oxygen atoms in total. The first-order valence-electron chi connectivity index (χ1n) is 4.89. The van der Waals surface area contributed by atoms with Crippen LogP contribution in [0.15, 0.2) is 6.20 Å². The predicted octanol–water partition coefficient (Wildman–Crippen LogP) is 1.36. The van der Waals surface area contributed by atoms with Crippen LogP contribution < -0.4 is 5.32 Å². The van der Waals surface area contributed by atoms with Crippen LogP contribution in [-0.2, 0) is 6.54 Å². The van der Waals surface area contributed by atoms with Gasteiger partial charge in [0.25, 0.3) is 0 Å². The van der Waals surface area contributed by atoms with E-state index in [1.54, 1.807) is 0 Å². The number of aryl methyl sites for hydroxylation is 1. The van der Waals surface area contributed by atoms with Crippen molar-refractivity contribution in [1.82, 2.24) is 20.3 Å². The third-order valence-electron chi connectivity index (χ3n) is 2.20. The molecule has 0 fully saturated rings. The Balaban J connectivity index is 2.78. The van der Waals surface area contributed by atoms with Crippen molar-refractivity contribution in [2.24, 2.45) is 0 Å². The maximum atomic E-state index is 4.05. The fraction of sp³-hybridized carbons (Fsp3) is 0.778. The fourth-order valence-electron chi connectivity index (χ4n) is 1.48. The highest BCUT2D eigenvalue weighted by Crippen LogP contribution is 2.14. The van der Waals surface area contributed by atoms with Crippen LogP contribution in [0.5, 0.6) is 0 Å². The Morgan fingerprint density at radius 2 is 2.31 bits per heavy atom. The summed E-state index contributed by atoms with van der Waals surface area (Å²) in [6, 6.07) is 0.376. The van der Waals surface area contributed by atoms with Crippen molar-refractivity contribution in [1.29, 1.82) is 0 Å². The summed E-state index contributed by atoms with van der Waals surface area (Å²) in [5, 5.41) is 11.2. The lowest BCUT2D eigenvalue weighted by Crippen LogP contribution is -2.19. The molecule has 0 aromatic carbocycles. The zero-order valence-electron chi connectivity index (χ0n) is 8.62. The monoisotopic (exact) mass is 182 g/mol. The van der Waals surface area contributed by atoms with Gasteiger partial charge in [-0.15, -0.1) is 5.10 Å². The molecule has 0 bridgehead atoms. The number of nitrogens with one attached hydrogen (secondary N) is 1. The molecule has 0 amide bonds. The van der Waals surface area contributed by atoms with E-state index in [2.05, 4.69) is 29.5 Å². The molecule has 4 heteroatoms. The second kappa shape index (κ2) is 4.97. The highest BCUT2D eigenvalue weighted by atomic mass is 15.4. The first kappa shape index (κ1) is 10.2. The van der Waals surface area contributed by atoms with Gasteiger partial charge in [-0.2, -0.15) is 0 Å². The molecule has 1 rings (SSSR count). The van der Waals surface area contributed by atoms with Gasteiger partial charge in [0, 0.05) is 6.54 Å². The highest BCUT2D eigenvalue weighted by molar-refractivity contribution is 5.01. The topological polar surface area (TPSA) is 42.7 Å². The van der Waals surface area contributed by atoms with Crippen molar-refractivity contribution in [3.63, 3.8) is 0 Å². The molecule has 1 atom stereocenters. The van der Waals surface area contributed by atoms with Crippen LogP contribution >= 0.6 is 0 Å². The highest BCUT2D eigenvalue weighted by Gasteiger charge is 2.12. The molecule has 0 spiro atoms. The lowest BCUT2D eigenvalue weighted by atomic mass is 10.1. The minimum absolute atomic E-state index is 0.376. The quantitative estimate of drug-likeness (QED) is 0.747. The van der Waals surface area contributed by atoms with Crippen molar-refractivity contribution in [2.45, 2.75) is 39.3 Å². The van der Waals surface area contributed by atoms with E-state index in [1.165, 1.54) is 5.69 Å². The van der Waals surface area contributed by atoms with Gasteiger partial charge < -0.3 is 5.32 Å². The number of hydrogen-bond acceptors (Lipinski definition) is 3. The first-order chi connectivity index (χ1) is 6.33. The third-order valence-corrected chi connectivity index (χ3v) is 2.20. The average molecular weight is 182 g/mol. The Morgan fingerprint density at radius 1 is 1.54 bits per heavy atom. The van der Waals surface area contributed by atoms with Crippen LogP contribution in [0.2, 0.25) is 0 Å². The van der Waals surface area contributed by atoms with E-state index in [1.807, 2.05) is 17.9 Å². The number of hydrogen-bond donors (Lipinski definition) is 1. The van der Waals surface area contributed by atoms with Gasteiger partial charge in [0.2, 0.25) is 0 Å². The number of nitrogens with zero attached hydrogens (tertiary/aromatic N) is 3. The predicted molar refractivity (Wildman–Crippen MR) is 52.4 cm³/mol. The summed E-state index contributed by atoms with van der Waals surface area (Å²) in [7, 11) is 1.97. The molecule has 0 saturated heterocycles. The van der Waals surface area contributed by atoms with E-state index in [4.69, 9.17) is 0 Å². The van der Waals surface area contributed by atoms with Crippen molar-refractivity contribution in [3.8, 4) is 0 Å². The van der Waals surface area contributed by atoms with Crippen molar-refractivity contribution in [3.05, 3.63) is 11.9 Å². The van der Waals surface area contributed by atoms with Gasteiger partial charge >= 0.3 is 0 Å². The SMILES string of the molecule is CCCn1nncc1C(CC)NC. The van der Waals surface area contributed by atoms with E-state index in [-0.39, 0.29) is 0 Å². The summed E-state index contributed by atoms with van der Waals surface area (Å²) in [6.07, 6.45) is 4.00. The molecule has 0 radical (unpaired) electrons. The second-order valence-electron chi connectivity index (χ2n) is 3.13. The molecule has 0 aliphatic carbocycles. The van der Waals surface area contributed by atoms with Gasteiger partial charge in [-0.3, -0.25) is 0 Å². The maximum Gasteiger partial charge on any atom is 0.0756 e. The van der Waals surface area contributed by atoms with E-state index in [0.29, 0.717) is 6.04 Å². The molecular weight excluding hydrogens is 164 g/mol. The van der Waals surface area contributed by atoms with Gasteiger partial charge in [-0.1, -0.05) is 19.1 Å². The van der Waals surface area contributed by atoms with Crippen LogP contribution in [0.1, 0.15) is 38.4 Å². The van der Waals surface area contributed by atoms with E-state index >= 15 is 0 Å². The van der Waals surface area contributed by atoms with Gasteiger partial charge in [0.1, 0.15) is 0 Å². The Hall–Kier alpha value is -0.900. The summed E-state index contributed by atoms with van der Waals surface area (Å²) >= 11 is 0. The normalized spacial score (nSPS) is 13.2. The summed E-state index contributed by atoms with van der Waals surface area (Å²) < 4.78 is 1.98. The fourth-order valence-corrected chi connectivity index (χ4v) is 1.48. The zero-order chi connectivity index (χ0) is 9.68. The minimum atomic E-state index is 0.376. The molecule has 1 aromatic heterocycles. The van der Waals surface area contributed by atoms with Gasteiger partial charge in [-0.25, -0.2) is 4.68 Å². The Bertz CT molecular complexity index is 240. The van der Waals surface area contributed by atoms with Gasteiger partial charge in [0.15, 0.2) is 0 Å². The van der Waals surface area contributed by atoms with Crippen LogP contribution in [0.4, 0.5) is 0 Å². The van der Waals surface area contributed by atoms with Crippen molar-refractivity contribution < 1.29 is 0 Å². The largest absolute Gasteiger partial charge is 0.312 e. The van der Waals surface area contributed by atoms with Crippen LogP contribution in [0, 0.1) is 0 Å². The molecule has 1 aromatic rings. The molecule has 74 valence electrons. The molecule has 1 unspecified atom stereocenters. The minimum Gasteiger partial charge on any atom is -0.312 e. The lowest BCUT2D eigenvalue weighted by Gasteiger charge is -2.14. The molecule has 1 N–H and O–H groups in total. The van der Waals surface area contributed by atoms with Gasteiger partial charge in [0.05, 0.1) is 17.9 Å². The van der Waals surface area contributed by atoms with E-state index in [0.717, 1.165) is 19.4 Å². The first-order valence-corrected chi connectivity index (χ1v) is 4.89. The molecular formula is C9H18N4. The summed E-state index contributed by atoms with van der Waals surface area (Å²) in [5.41, 5.74) is 1.19. The zero-order valence-corrected chi connectivity index (χ0v) is 8.62. The second-order valence-corrected chi connectivity index (χ2v) is 3.13. The van der Waals surface area contributed by atoms with Crippen LogP contribution in [0.3, 0.4) is 0 Å². The molecule has 0 aliphatic rings. The lowest BCUT2D eigenvalue weighted by molar-refractivity contribution is 0.484. The standard InChI is InChI=1S/C9H18N4/c1-4-6-13-9(7-11-12-13)8(5-2)10-3/h7-8,10H,4-6H2,1-3H3. The number of aromatic nitrogens is 3. The molecule has 13 heavy (non-hydrogen) atoms. The molecule has 0 saturated carbocycles. The third kappa shape index (κ3) is 2.28. The van der Waals surface area contributed by atoms with Crippen molar-refractivity contribution >= 4 is 0 Å². The Kier molecular flexibility index (Phi) is 3.89. The maximum absolute atomic E-state index is 4.05. The summed E-state index contributed by atoms with van der Waals surface area (Å²) in [5.74, 6) is 0. The van der Waals surface area contributed by atoms with Crippen molar-refractivity contribution in [2.75, 3.05) is 7.05 Å². The van der Waals surface area contributed by atoms with Crippen LogP contribution in [0.25, 0.3) is 0 Å². The van der Waals surface area contributed by atoms with E-state index in [9.17, 15) is 0 Å². The number of rotatable bonds is 5. The summed E-state index contributed by atoms with van der Waals surface area (Å²) in [4.78, 5) is 0. The summed E-state index contributed by atoms with van der Waals surface area (Å²) in [6.45, 7) is 5.25. The average Bonchev–Trinajstić information content (AvgIpc) is 2.57. The smallest absolute Gasteiger partial charge is 0.0756 e. The Labute approximate surface area is 79.3 Å².